The molecule has 1 aromatic heterocycles. The molecule has 0 aromatic carbocycles. The first-order valence-electron chi connectivity index (χ1n) is 6.80. The molecule has 1 saturated heterocycles. The fraction of sp³-hybridized carbons (Fsp3) is 0.615. The average Bonchev–Trinajstić information content (AvgIpc) is 2.89. The van der Waals surface area contributed by atoms with Crippen LogP contribution in [-0.4, -0.2) is 35.0 Å². The Bertz CT molecular complexity index is 420. The van der Waals surface area contributed by atoms with Crippen LogP contribution in [0.25, 0.3) is 0 Å². The third kappa shape index (κ3) is 3.41. The standard InChI is InChI=1S/C13H21N5O/c1-2-5-15-7-10-8-16-13(17-9-10)18-6-3-4-11(18)12(14)19/h8-9,11,15H,2-7H2,1H3,(H2,14,19). The summed E-state index contributed by atoms with van der Waals surface area (Å²) in [6, 6.07) is -0.260. The smallest absolute Gasteiger partial charge is 0.240 e. The lowest BCUT2D eigenvalue weighted by Gasteiger charge is -2.21. The van der Waals surface area contributed by atoms with Gasteiger partial charge in [0, 0.05) is 31.0 Å². The van der Waals surface area contributed by atoms with Gasteiger partial charge in [-0.15, -0.1) is 0 Å². The van der Waals surface area contributed by atoms with E-state index in [-0.39, 0.29) is 11.9 Å². The molecule has 1 fully saturated rings. The molecular formula is C13H21N5O. The van der Waals surface area contributed by atoms with E-state index in [2.05, 4.69) is 22.2 Å². The highest BCUT2D eigenvalue weighted by Crippen LogP contribution is 2.21. The predicted octanol–water partition coefficient (Wildman–Crippen LogP) is 0.430. The maximum Gasteiger partial charge on any atom is 0.240 e. The SMILES string of the molecule is CCCNCc1cnc(N2CCCC2C(N)=O)nc1. The number of carbonyl (C=O) groups excluding carboxylic acids is 1. The van der Waals surface area contributed by atoms with E-state index in [0.717, 1.165) is 44.5 Å². The summed E-state index contributed by atoms with van der Waals surface area (Å²) in [5.41, 5.74) is 6.44. The fourth-order valence-corrected chi connectivity index (χ4v) is 2.30. The van der Waals surface area contributed by atoms with Crippen molar-refractivity contribution in [3.8, 4) is 0 Å². The van der Waals surface area contributed by atoms with Gasteiger partial charge in [0.1, 0.15) is 6.04 Å². The van der Waals surface area contributed by atoms with Gasteiger partial charge in [-0.25, -0.2) is 9.97 Å². The van der Waals surface area contributed by atoms with Crippen LogP contribution in [0.15, 0.2) is 12.4 Å². The Morgan fingerprint density at radius 3 is 2.89 bits per heavy atom. The van der Waals surface area contributed by atoms with Gasteiger partial charge in [-0.1, -0.05) is 6.92 Å². The van der Waals surface area contributed by atoms with Crippen molar-refractivity contribution < 1.29 is 4.79 Å². The van der Waals surface area contributed by atoms with Crippen LogP contribution in [-0.2, 0) is 11.3 Å². The molecule has 1 aliphatic heterocycles. The molecule has 0 bridgehead atoms. The summed E-state index contributed by atoms with van der Waals surface area (Å²) in [5, 5.41) is 3.30. The van der Waals surface area contributed by atoms with Gasteiger partial charge in [-0.05, 0) is 25.8 Å². The number of amides is 1. The van der Waals surface area contributed by atoms with Crippen LogP contribution in [0.4, 0.5) is 5.95 Å². The highest BCUT2D eigenvalue weighted by Gasteiger charge is 2.30. The minimum atomic E-state index is -0.296. The Morgan fingerprint density at radius 1 is 1.53 bits per heavy atom. The van der Waals surface area contributed by atoms with Crippen LogP contribution in [0.5, 0.6) is 0 Å². The van der Waals surface area contributed by atoms with E-state index >= 15 is 0 Å². The maximum absolute atomic E-state index is 11.3. The molecule has 1 aromatic rings. The Hall–Kier alpha value is -1.69. The molecular weight excluding hydrogens is 242 g/mol. The van der Waals surface area contributed by atoms with Crippen molar-refractivity contribution in [2.45, 2.75) is 38.8 Å². The summed E-state index contributed by atoms with van der Waals surface area (Å²) in [4.78, 5) is 21.9. The molecule has 6 heteroatoms. The lowest BCUT2D eigenvalue weighted by Crippen LogP contribution is -2.41. The number of rotatable bonds is 6. The molecule has 6 nitrogen and oxygen atoms in total. The molecule has 3 N–H and O–H groups in total. The number of nitrogens with two attached hydrogens (primary N) is 1. The highest BCUT2D eigenvalue weighted by atomic mass is 16.1. The quantitative estimate of drug-likeness (QED) is 0.727. The zero-order valence-corrected chi connectivity index (χ0v) is 11.3. The van der Waals surface area contributed by atoms with Gasteiger partial charge in [0.2, 0.25) is 11.9 Å². The van der Waals surface area contributed by atoms with Crippen LogP contribution < -0.4 is 16.0 Å². The Labute approximate surface area is 113 Å². The number of nitrogens with zero attached hydrogens (tertiary/aromatic N) is 3. The molecule has 2 heterocycles. The van der Waals surface area contributed by atoms with E-state index in [1.165, 1.54) is 0 Å². The number of hydrogen-bond donors (Lipinski definition) is 2. The van der Waals surface area contributed by atoms with Gasteiger partial charge in [-0.2, -0.15) is 0 Å². The van der Waals surface area contributed by atoms with E-state index in [4.69, 9.17) is 5.73 Å². The first kappa shape index (κ1) is 13.7. The molecule has 0 radical (unpaired) electrons. The van der Waals surface area contributed by atoms with E-state index in [0.29, 0.717) is 5.95 Å². The zero-order valence-electron chi connectivity index (χ0n) is 11.3. The van der Waals surface area contributed by atoms with Crippen LogP contribution in [0.2, 0.25) is 0 Å². The normalized spacial score (nSPS) is 18.8. The van der Waals surface area contributed by atoms with Crippen molar-refractivity contribution in [1.82, 2.24) is 15.3 Å². The molecule has 19 heavy (non-hydrogen) atoms. The van der Waals surface area contributed by atoms with Gasteiger partial charge in [-0.3, -0.25) is 4.79 Å². The van der Waals surface area contributed by atoms with Gasteiger partial charge in [0.15, 0.2) is 0 Å². The monoisotopic (exact) mass is 263 g/mol. The number of aromatic nitrogens is 2. The average molecular weight is 263 g/mol. The van der Waals surface area contributed by atoms with Crippen molar-refractivity contribution in [3.05, 3.63) is 18.0 Å². The second-order valence-electron chi connectivity index (χ2n) is 4.82. The van der Waals surface area contributed by atoms with Crippen LogP contribution in [0.3, 0.4) is 0 Å². The predicted molar refractivity (Wildman–Crippen MR) is 73.6 cm³/mol. The summed E-state index contributed by atoms with van der Waals surface area (Å²) in [6.45, 7) is 4.68. The molecule has 1 amide bonds. The molecule has 0 aliphatic carbocycles. The Morgan fingerprint density at radius 2 is 2.26 bits per heavy atom. The molecule has 1 atom stereocenters. The van der Waals surface area contributed by atoms with E-state index in [9.17, 15) is 4.79 Å². The summed E-state index contributed by atoms with van der Waals surface area (Å²) in [7, 11) is 0. The van der Waals surface area contributed by atoms with Gasteiger partial charge in [0.25, 0.3) is 0 Å². The van der Waals surface area contributed by atoms with Crippen LogP contribution >= 0.6 is 0 Å². The third-order valence-corrected chi connectivity index (χ3v) is 3.29. The van der Waals surface area contributed by atoms with Crippen molar-refractivity contribution >= 4 is 11.9 Å². The zero-order chi connectivity index (χ0) is 13.7. The molecule has 1 unspecified atom stereocenters. The van der Waals surface area contributed by atoms with Gasteiger partial charge in [0.05, 0.1) is 0 Å². The first-order valence-corrected chi connectivity index (χ1v) is 6.80. The Kier molecular flexibility index (Phi) is 4.68. The summed E-state index contributed by atoms with van der Waals surface area (Å²) < 4.78 is 0. The van der Waals surface area contributed by atoms with Gasteiger partial charge >= 0.3 is 0 Å². The number of primary amides is 1. The van der Waals surface area contributed by atoms with Crippen molar-refractivity contribution in [1.29, 1.82) is 0 Å². The summed E-state index contributed by atoms with van der Waals surface area (Å²) >= 11 is 0. The van der Waals surface area contributed by atoms with Crippen LogP contribution in [0.1, 0.15) is 31.7 Å². The number of nitrogens with one attached hydrogen (secondary N) is 1. The largest absolute Gasteiger partial charge is 0.368 e. The van der Waals surface area contributed by atoms with Crippen LogP contribution in [0, 0.1) is 0 Å². The topological polar surface area (TPSA) is 84.1 Å². The van der Waals surface area contributed by atoms with Crippen molar-refractivity contribution in [3.63, 3.8) is 0 Å². The first-order chi connectivity index (χ1) is 9.22. The number of carbonyl (C=O) groups is 1. The maximum atomic E-state index is 11.3. The molecule has 104 valence electrons. The molecule has 0 saturated carbocycles. The third-order valence-electron chi connectivity index (χ3n) is 3.29. The summed E-state index contributed by atoms with van der Waals surface area (Å²) in [5.74, 6) is 0.301. The minimum Gasteiger partial charge on any atom is -0.368 e. The van der Waals surface area contributed by atoms with E-state index < -0.39 is 0 Å². The van der Waals surface area contributed by atoms with E-state index in [1.54, 1.807) is 12.4 Å². The Balaban J connectivity index is 1.99. The highest BCUT2D eigenvalue weighted by molar-refractivity contribution is 5.83. The fourth-order valence-electron chi connectivity index (χ4n) is 2.30. The number of anilines is 1. The number of hydrogen-bond acceptors (Lipinski definition) is 5. The minimum absolute atomic E-state index is 0.260. The van der Waals surface area contributed by atoms with E-state index in [1.807, 2.05) is 4.90 Å². The second kappa shape index (κ2) is 6.47. The molecule has 1 aliphatic rings. The lowest BCUT2D eigenvalue weighted by atomic mass is 10.2. The second-order valence-corrected chi connectivity index (χ2v) is 4.82. The summed E-state index contributed by atoms with van der Waals surface area (Å²) in [6.07, 6.45) is 6.46. The molecule has 0 spiro atoms. The van der Waals surface area contributed by atoms with Crippen molar-refractivity contribution in [2.75, 3.05) is 18.0 Å². The molecule has 2 rings (SSSR count). The van der Waals surface area contributed by atoms with Crippen molar-refractivity contribution in [2.24, 2.45) is 5.73 Å². The van der Waals surface area contributed by atoms with Gasteiger partial charge < -0.3 is 16.0 Å². The lowest BCUT2D eigenvalue weighted by molar-refractivity contribution is -0.119.